The van der Waals surface area contributed by atoms with Crippen molar-refractivity contribution in [1.29, 1.82) is 0 Å². The average Bonchev–Trinajstić information content (AvgIpc) is 3.26. The van der Waals surface area contributed by atoms with Crippen LogP contribution in [0.15, 0.2) is 34.9 Å². The molecular formula is C20H23N3O4. The summed E-state index contributed by atoms with van der Waals surface area (Å²) < 4.78 is 5.12. The van der Waals surface area contributed by atoms with Gasteiger partial charge in [-0.2, -0.15) is 0 Å². The second-order valence-electron chi connectivity index (χ2n) is 7.34. The zero-order chi connectivity index (χ0) is 19.0. The van der Waals surface area contributed by atoms with Crippen molar-refractivity contribution in [3.63, 3.8) is 0 Å². The third kappa shape index (κ3) is 3.60. The summed E-state index contributed by atoms with van der Waals surface area (Å²) in [5, 5.41) is 13.9. The first-order valence-electron chi connectivity index (χ1n) is 9.26. The van der Waals surface area contributed by atoms with Crippen molar-refractivity contribution in [2.75, 3.05) is 13.1 Å². The van der Waals surface area contributed by atoms with E-state index >= 15 is 0 Å². The maximum atomic E-state index is 13.1. The van der Waals surface area contributed by atoms with Gasteiger partial charge in [0.25, 0.3) is 0 Å². The van der Waals surface area contributed by atoms with Gasteiger partial charge >= 0.3 is 0 Å². The van der Waals surface area contributed by atoms with Gasteiger partial charge in [0.1, 0.15) is 11.8 Å². The second-order valence-corrected chi connectivity index (χ2v) is 7.34. The first-order chi connectivity index (χ1) is 13.0. The molecule has 0 aliphatic carbocycles. The van der Waals surface area contributed by atoms with Gasteiger partial charge in [-0.15, -0.1) is 0 Å². The third-order valence-electron chi connectivity index (χ3n) is 5.33. The van der Waals surface area contributed by atoms with Crippen LogP contribution in [-0.4, -0.2) is 57.1 Å². The van der Waals surface area contributed by atoms with Gasteiger partial charge in [0.15, 0.2) is 0 Å². The summed E-state index contributed by atoms with van der Waals surface area (Å²) >= 11 is 0. The fourth-order valence-electron chi connectivity index (χ4n) is 3.97. The van der Waals surface area contributed by atoms with E-state index in [2.05, 4.69) is 11.2 Å². The summed E-state index contributed by atoms with van der Waals surface area (Å²) in [4.78, 5) is 29.1. The standard InChI is InChI=1S/C20H23N3O4/c1-13-8-17(27-21-13)10-19(25)23-12-16(24)9-18(23)20(26)22-7-6-14-4-2-3-5-15(14)11-22/h2-5,8,16,18,24H,6-7,9-12H2,1H3/t16-,18+/m1/s1. The highest BCUT2D eigenvalue weighted by atomic mass is 16.5. The number of aromatic nitrogens is 1. The quantitative estimate of drug-likeness (QED) is 0.875. The average molecular weight is 369 g/mol. The summed E-state index contributed by atoms with van der Waals surface area (Å²) in [6.45, 7) is 3.14. The molecule has 7 nitrogen and oxygen atoms in total. The molecule has 2 amide bonds. The maximum Gasteiger partial charge on any atom is 0.245 e. The fourth-order valence-corrected chi connectivity index (χ4v) is 3.97. The Morgan fingerprint density at radius 2 is 2.07 bits per heavy atom. The van der Waals surface area contributed by atoms with Crippen LogP contribution in [0.25, 0.3) is 0 Å². The Morgan fingerprint density at radius 1 is 1.30 bits per heavy atom. The molecule has 4 rings (SSSR count). The number of amides is 2. The number of carbonyl (C=O) groups is 2. The molecule has 7 heteroatoms. The van der Waals surface area contributed by atoms with Crippen molar-refractivity contribution >= 4 is 11.8 Å². The molecule has 1 saturated heterocycles. The molecule has 2 atom stereocenters. The van der Waals surface area contributed by atoms with E-state index < -0.39 is 12.1 Å². The largest absolute Gasteiger partial charge is 0.391 e. The Kier molecular flexibility index (Phi) is 4.70. The molecule has 0 radical (unpaired) electrons. The van der Waals surface area contributed by atoms with Crippen LogP contribution in [0.1, 0.15) is 29.0 Å². The number of carbonyl (C=O) groups excluding carboxylic acids is 2. The van der Waals surface area contributed by atoms with Gasteiger partial charge in [-0.25, -0.2) is 0 Å². The molecule has 0 unspecified atom stereocenters. The molecule has 1 fully saturated rings. The summed E-state index contributed by atoms with van der Waals surface area (Å²) in [7, 11) is 0. The summed E-state index contributed by atoms with van der Waals surface area (Å²) in [5.74, 6) is 0.151. The van der Waals surface area contributed by atoms with Gasteiger partial charge in [-0.1, -0.05) is 29.4 Å². The number of aryl methyl sites for hydroxylation is 1. The lowest BCUT2D eigenvalue weighted by atomic mass is 9.99. The van der Waals surface area contributed by atoms with Crippen molar-refractivity contribution < 1.29 is 19.2 Å². The van der Waals surface area contributed by atoms with Gasteiger partial charge in [-0.05, 0) is 24.5 Å². The van der Waals surface area contributed by atoms with E-state index in [0.717, 1.165) is 12.0 Å². The molecule has 2 aliphatic rings. The smallest absolute Gasteiger partial charge is 0.245 e. The van der Waals surface area contributed by atoms with Gasteiger partial charge in [0, 0.05) is 32.1 Å². The molecule has 0 bridgehead atoms. The van der Waals surface area contributed by atoms with Crippen LogP contribution in [-0.2, 0) is 29.0 Å². The van der Waals surface area contributed by atoms with Crippen LogP contribution in [0.5, 0.6) is 0 Å². The number of aliphatic hydroxyl groups is 1. The minimum absolute atomic E-state index is 0.0418. The molecule has 2 aromatic rings. The summed E-state index contributed by atoms with van der Waals surface area (Å²) in [6, 6.07) is 9.19. The molecule has 1 aromatic heterocycles. The van der Waals surface area contributed by atoms with Crippen molar-refractivity contribution in [2.24, 2.45) is 0 Å². The Labute approximate surface area is 157 Å². The van der Waals surface area contributed by atoms with E-state index in [-0.39, 0.29) is 31.2 Å². The molecule has 27 heavy (non-hydrogen) atoms. The van der Waals surface area contributed by atoms with Crippen LogP contribution in [0.3, 0.4) is 0 Å². The van der Waals surface area contributed by atoms with Gasteiger partial charge in [0.2, 0.25) is 11.8 Å². The highest BCUT2D eigenvalue weighted by molar-refractivity contribution is 5.89. The zero-order valence-electron chi connectivity index (χ0n) is 15.3. The van der Waals surface area contributed by atoms with E-state index in [4.69, 9.17) is 4.52 Å². The molecule has 0 saturated carbocycles. The number of nitrogens with zero attached hydrogens (tertiary/aromatic N) is 3. The molecule has 2 aliphatic heterocycles. The number of hydrogen-bond acceptors (Lipinski definition) is 5. The highest BCUT2D eigenvalue weighted by Gasteiger charge is 2.41. The fraction of sp³-hybridized carbons (Fsp3) is 0.450. The molecule has 142 valence electrons. The zero-order valence-corrected chi connectivity index (χ0v) is 15.3. The second kappa shape index (κ2) is 7.15. The van der Waals surface area contributed by atoms with Gasteiger partial charge < -0.3 is 19.4 Å². The van der Waals surface area contributed by atoms with E-state index in [1.54, 1.807) is 17.9 Å². The van der Waals surface area contributed by atoms with Gasteiger partial charge in [-0.3, -0.25) is 9.59 Å². The molecule has 0 spiro atoms. The number of rotatable bonds is 3. The molecule has 1 aromatic carbocycles. The number of hydrogen-bond donors (Lipinski definition) is 1. The van der Waals surface area contributed by atoms with Crippen molar-refractivity contribution in [2.45, 2.75) is 44.9 Å². The monoisotopic (exact) mass is 369 g/mol. The first-order valence-corrected chi connectivity index (χ1v) is 9.26. The first kappa shape index (κ1) is 17.7. The van der Waals surface area contributed by atoms with Crippen LogP contribution in [0.2, 0.25) is 0 Å². The summed E-state index contributed by atoms with van der Waals surface area (Å²) in [5.41, 5.74) is 3.12. The Morgan fingerprint density at radius 3 is 2.81 bits per heavy atom. The maximum absolute atomic E-state index is 13.1. The van der Waals surface area contributed by atoms with Crippen molar-refractivity contribution in [3.8, 4) is 0 Å². The SMILES string of the molecule is Cc1cc(CC(=O)N2C[C@H](O)C[C@H]2C(=O)N2CCc3ccccc3C2)on1. The van der Waals surface area contributed by atoms with E-state index in [1.807, 2.05) is 18.2 Å². The Hall–Kier alpha value is -2.67. The minimum Gasteiger partial charge on any atom is -0.391 e. The number of aliphatic hydroxyl groups excluding tert-OH is 1. The van der Waals surface area contributed by atoms with E-state index in [9.17, 15) is 14.7 Å². The predicted molar refractivity (Wildman–Crippen MR) is 96.6 cm³/mol. The molecule has 3 heterocycles. The van der Waals surface area contributed by atoms with Crippen LogP contribution >= 0.6 is 0 Å². The summed E-state index contributed by atoms with van der Waals surface area (Å²) in [6.07, 6.45) is 0.442. The van der Waals surface area contributed by atoms with Crippen molar-refractivity contribution in [3.05, 3.63) is 52.9 Å². The predicted octanol–water partition coefficient (Wildman–Crippen LogP) is 1.07. The molecule has 1 N–H and O–H groups in total. The van der Waals surface area contributed by atoms with Crippen molar-refractivity contribution in [1.82, 2.24) is 15.0 Å². The molecular weight excluding hydrogens is 346 g/mol. The Balaban J connectivity index is 1.47. The van der Waals surface area contributed by atoms with E-state index in [0.29, 0.717) is 24.5 Å². The lowest BCUT2D eigenvalue weighted by Gasteiger charge is -2.33. The number of benzene rings is 1. The van der Waals surface area contributed by atoms with Gasteiger partial charge in [0.05, 0.1) is 18.2 Å². The lowest BCUT2D eigenvalue weighted by molar-refractivity contribution is -0.144. The normalized spacial score (nSPS) is 22.0. The van der Waals surface area contributed by atoms with Crippen LogP contribution in [0, 0.1) is 6.92 Å². The third-order valence-corrected chi connectivity index (χ3v) is 5.33. The highest BCUT2D eigenvalue weighted by Crippen LogP contribution is 2.25. The minimum atomic E-state index is -0.684. The van der Waals surface area contributed by atoms with Crippen LogP contribution < -0.4 is 0 Å². The number of fused-ring (bicyclic) bond motifs is 1. The van der Waals surface area contributed by atoms with E-state index in [1.165, 1.54) is 10.5 Å². The number of β-amino-alcohol motifs (C(OH)–C–C–N with tert-alkyl or cyclic N) is 1. The number of likely N-dealkylation sites (tertiary alicyclic amines) is 1. The topological polar surface area (TPSA) is 86.9 Å². The van der Waals surface area contributed by atoms with Crippen LogP contribution in [0.4, 0.5) is 0 Å². The Bertz CT molecular complexity index is 862. The lowest BCUT2D eigenvalue weighted by Crippen LogP contribution is -2.49.